The lowest BCUT2D eigenvalue weighted by atomic mass is 10.2. The average Bonchev–Trinajstić information content (AvgIpc) is 2.38. The van der Waals surface area contributed by atoms with Gasteiger partial charge in [0, 0.05) is 29.6 Å². The molecular formula is C12H16Cl2N2O3S2. The molecule has 1 aromatic rings. The summed E-state index contributed by atoms with van der Waals surface area (Å²) in [5, 5.41) is 0.196. The molecule has 2 rings (SSSR count). The second kappa shape index (κ2) is 5.70. The van der Waals surface area contributed by atoms with Crippen LogP contribution in [0, 0.1) is 0 Å². The van der Waals surface area contributed by atoms with E-state index in [-0.39, 0.29) is 33.7 Å². The van der Waals surface area contributed by atoms with Gasteiger partial charge >= 0.3 is 0 Å². The maximum absolute atomic E-state index is 12.7. The van der Waals surface area contributed by atoms with E-state index in [2.05, 4.69) is 0 Å². The first-order valence-electron chi connectivity index (χ1n) is 6.19. The van der Waals surface area contributed by atoms with E-state index in [4.69, 9.17) is 28.9 Å². The van der Waals surface area contributed by atoms with Gasteiger partial charge in [-0.1, -0.05) is 23.2 Å². The van der Waals surface area contributed by atoms with Crippen LogP contribution in [0.5, 0.6) is 0 Å². The molecule has 1 heterocycles. The van der Waals surface area contributed by atoms with Crippen LogP contribution in [0.25, 0.3) is 0 Å². The Labute approximate surface area is 136 Å². The number of hydrogen-bond acceptors (Lipinski definition) is 4. The van der Waals surface area contributed by atoms with Gasteiger partial charge in [-0.25, -0.2) is 8.42 Å². The molecule has 9 heteroatoms. The molecule has 0 saturated carbocycles. The molecule has 1 atom stereocenters. The normalized spacial score (nSPS) is 23.1. The maximum atomic E-state index is 12.7. The maximum Gasteiger partial charge on any atom is 0.243 e. The summed E-state index contributed by atoms with van der Waals surface area (Å²) in [6, 6.07) is 2.58. The summed E-state index contributed by atoms with van der Waals surface area (Å²) in [7, 11) is -4.80. The van der Waals surface area contributed by atoms with Crippen molar-refractivity contribution in [1.82, 2.24) is 4.31 Å². The summed E-state index contributed by atoms with van der Waals surface area (Å²) in [6.45, 7) is 3.96. The molecule has 0 amide bonds. The van der Waals surface area contributed by atoms with Crippen LogP contribution < -0.4 is 5.73 Å². The SMILES string of the molecule is CC1(C)CN(S(=O)(=O)c2cc(Cl)c(N)c(Cl)c2)CC[S@@]1=O. The summed E-state index contributed by atoms with van der Waals surface area (Å²) >= 11 is 11.8. The van der Waals surface area contributed by atoms with Crippen LogP contribution in [0.1, 0.15) is 13.8 Å². The highest BCUT2D eigenvalue weighted by Gasteiger charge is 2.39. The lowest BCUT2D eigenvalue weighted by Crippen LogP contribution is -2.51. The molecule has 0 spiro atoms. The van der Waals surface area contributed by atoms with Crippen molar-refractivity contribution in [2.24, 2.45) is 0 Å². The van der Waals surface area contributed by atoms with Crippen LogP contribution in [0.4, 0.5) is 5.69 Å². The summed E-state index contributed by atoms with van der Waals surface area (Å²) < 4.78 is 38.0. The Morgan fingerprint density at radius 2 is 1.81 bits per heavy atom. The zero-order valence-corrected chi connectivity index (χ0v) is 14.7. The van der Waals surface area contributed by atoms with E-state index in [1.807, 2.05) is 0 Å². The predicted octanol–water partition coefficient (Wildman–Crippen LogP) is 2.11. The van der Waals surface area contributed by atoms with Gasteiger partial charge in [-0.2, -0.15) is 4.31 Å². The van der Waals surface area contributed by atoms with Crippen molar-refractivity contribution in [1.29, 1.82) is 0 Å². The average molecular weight is 371 g/mol. The third-order valence-corrected chi connectivity index (χ3v) is 7.75. The van der Waals surface area contributed by atoms with Gasteiger partial charge in [0.15, 0.2) is 0 Å². The van der Waals surface area contributed by atoms with Crippen LogP contribution in [-0.2, 0) is 20.8 Å². The smallest absolute Gasteiger partial charge is 0.243 e. The van der Waals surface area contributed by atoms with Crippen LogP contribution in [0.3, 0.4) is 0 Å². The third kappa shape index (κ3) is 3.22. The summed E-state index contributed by atoms with van der Waals surface area (Å²) in [6.07, 6.45) is 0. The molecule has 0 radical (unpaired) electrons. The zero-order chi connectivity index (χ0) is 16.0. The fraction of sp³-hybridized carbons (Fsp3) is 0.500. The molecule has 1 aliphatic heterocycles. The summed E-state index contributed by atoms with van der Waals surface area (Å²) in [5.74, 6) is 0.308. The number of anilines is 1. The van der Waals surface area contributed by atoms with Gasteiger partial charge in [0.2, 0.25) is 10.0 Å². The molecule has 0 unspecified atom stereocenters. The monoisotopic (exact) mass is 370 g/mol. The Morgan fingerprint density at radius 3 is 2.29 bits per heavy atom. The van der Waals surface area contributed by atoms with Gasteiger partial charge in [0.05, 0.1) is 25.4 Å². The molecule has 1 fully saturated rings. The number of hydrogen-bond donors (Lipinski definition) is 1. The van der Waals surface area contributed by atoms with Crippen molar-refractivity contribution in [3.8, 4) is 0 Å². The first kappa shape index (κ1) is 17.0. The standard InChI is InChI=1S/C12H16Cl2N2O3S2/c1-12(2)7-16(3-4-20(12)17)21(18,19)8-5-9(13)11(15)10(14)6-8/h5-6H,3-4,7,15H2,1-2H3/t20-/m0/s1. The minimum absolute atomic E-state index is 0.00446. The third-order valence-electron chi connectivity index (χ3n) is 3.39. The number of nitrogen functional groups attached to an aromatic ring is 1. The Kier molecular flexibility index (Phi) is 4.62. The van der Waals surface area contributed by atoms with E-state index in [0.29, 0.717) is 5.75 Å². The molecular weight excluding hydrogens is 355 g/mol. The molecule has 0 bridgehead atoms. The van der Waals surface area contributed by atoms with Crippen molar-refractivity contribution in [3.05, 3.63) is 22.2 Å². The first-order valence-corrected chi connectivity index (χ1v) is 9.70. The topological polar surface area (TPSA) is 80.5 Å². The quantitative estimate of drug-likeness (QED) is 0.808. The number of nitrogens with two attached hydrogens (primary N) is 1. The fourth-order valence-electron chi connectivity index (χ4n) is 2.10. The van der Waals surface area contributed by atoms with Crippen LogP contribution in [0.2, 0.25) is 10.0 Å². The van der Waals surface area contributed by atoms with Gasteiger partial charge in [-0.05, 0) is 26.0 Å². The highest BCUT2D eigenvalue weighted by Crippen LogP contribution is 2.33. The van der Waals surface area contributed by atoms with E-state index in [1.165, 1.54) is 16.4 Å². The number of rotatable bonds is 2. The number of sulfonamides is 1. The van der Waals surface area contributed by atoms with Gasteiger partial charge < -0.3 is 5.73 Å². The largest absolute Gasteiger partial charge is 0.396 e. The molecule has 0 aliphatic carbocycles. The molecule has 1 aliphatic rings. The molecule has 118 valence electrons. The van der Waals surface area contributed by atoms with Crippen molar-refractivity contribution in [2.75, 3.05) is 24.6 Å². The van der Waals surface area contributed by atoms with Crippen molar-refractivity contribution in [2.45, 2.75) is 23.5 Å². The number of benzene rings is 1. The minimum Gasteiger partial charge on any atom is -0.396 e. The highest BCUT2D eigenvalue weighted by molar-refractivity contribution is 7.89. The van der Waals surface area contributed by atoms with E-state index < -0.39 is 25.6 Å². The van der Waals surface area contributed by atoms with Crippen molar-refractivity contribution >= 4 is 49.7 Å². The van der Waals surface area contributed by atoms with E-state index in [9.17, 15) is 12.6 Å². The van der Waals surface area contributed by atoms with E-state index in [1.54, 1.807) is 13.8 Å². The van der Waals surface area contributed by atoms with Crippen molar-refractivity contribution in [3.63, 3.8) is 0 Å². The first-order chi connectivity index (χ1) is 9.55. The molecule has 1 saturated heterocycles. The second-order valence-corrected chi connectivity index (χ2v) is 10.4. The Hall–Kier alpha value is -0.340. The van der Waals surface area contributed by atoms with Gasteiger partial charge in [-0.3, -0.25) is 4.21 Å². The molecule has 0 aromatic heterocycles. The molecule has 1 aromatic carbocycles. The predicted molar refractivity (Wildman–Crippen MR) is 86.7 cm³/mol. The fourth-order valence-corrected chi connectivity index (χ4v) is 5.81. The van der Waals surface area contributed by atoms with Crippen LogP contribution >= 0.6 is 23.2 Å². The minimum atomic E-state index is -3.74. The highest BCUT2D eigenvalue weighted by atomic mass is 35.5. The van der Waals surface area contributed by atoms with Gasteiger partial charge in [0.25, 0.3) is 0 Å². The van der Waals surface area contributed by atoms with Crippen LogP contribution in [0.15, 0.2) is 17.0 Å². The van der Waals surface area contributed by atoms with Crippen molar-refractivity contribution < 1.29 is 12.6 Å². The second-order valence-electron chi connectivity index (χ2n) is 5.45. The van der Waals surface area contributed by atoms with E-state index in [0.717, 1.165) is 0 Å². The molecule has 2 N–H and O–H groups in total. The zero-order valence-electron chi connectivity index (χ0n) is 11.6. The lowest BCUT2D eigenvalue weighted by molar-refractivity contribution is 0.378. The Bertz CT molecular complexity index is 681. The molecule has 5 nitrogen and oxygen atoms in total. The number of halogens is 2. The van der Waals surface area contributed by atoms with Crippen LogP contribution in [-0.4, -0.2) is 40.5 Å². The Balaban J connectivity index is 2.41. The summed E-state index contributed by atoms with van der Waals surface area (Å²) in [4.78, 5) is -0.00446. The lowest BCUT2D eigenvalue weighted by Gasteiger charge is -2.36. The number of nitrogens with zero attached hydrogens (tertiary/aromatic N) is 1. The molecule has 21 heavy (non-hydrogen) atoms. The van der Waals surface area contributed by atoms with E-state index >= 15 is 0 Å². The van der Waals surface area contributed by atoms with Gasteiger partial charge in [0.1, 0.15) is 0 Å². The van der Waals surface area contributed by atoms with Gasteiger partial charge in [-0.15, -0.1) is 0 Å². The summed E-state index contributed by atoms with van der Waals surface area (Å²) in [5.41, 5.74) is 5.77. The Morgan fingerprint density at radius 1 is 1.29 bits per heavy atom.